The number of carbonyl (C=O) groups excluding carboxylic acids is 1. The van der Waals surface area contributed by atoms with Crippen LogP contribution in [0.5, 0.6) is 5.75 Å². The molecule has 0 saturated carbocycles. The zero-order chi connectivity index (χ0) is 18.4. The summed E-state index contributed by atoms with van der Waals surface area (Å²) in [5, 5.41) is 4.03. The third-order valence-corrected chi connectivity index (χ3v) is 3.83. The Balaban J connectivity index is 1.93. The van der Waals surface area contributed by atoms with E-state index in [2.05, 4.69) is 24.4 Å². The first-order chi connectivity index (χ1) is 11.9. The molecule has 0 aliphatic carbocycles. The Morgan fingerprint density at radius 1 is 1.32 bits per heavy atom. The van der Waals surface area contributed by atoms with Gasteiger partial charge >= 0.3 is 0 Å². The number of carbonyl (C=O) groups is 1. The van der Waals surface area contributed by atoms with Crippen molar-refractivity contribution in [1.82, 2.24) is 5.43 Å². The lowest BCUT2D eigenvalue weighted by Crippen LogP contribution is -2.25. The maximum Gasteiger partial charge on any atom is 0.277 e. The molecule has 25 heavy (non-hydrogen) atoms. The van der Waals surface area contributed by atoms with Gasteiger partial charge < -0.3 is 4.74 Å². The molecule has 0 atom stereocenters. The second-order valence-electron chi connectivity index (χ2n) is 5.94. The van der Waals surface area contributed by atoms with E-state index < -0.39 is 11.7 Å². The summed E-state index contributed by atoms with van der Waals surface area (Å²) in [6.07, 6.45) is 1.35. The Morgan fingerprint density at radius 2 is 2.08 bits per heavy atom. The van der Waals surface area contributed by atoms with Gasteiger partial charge in [-0.2, -0.15) is 5.10 Å². The Bertz CT molecular complexity index is 791. The minimum atomic E-state index is -0.432. The van der Waals surface area contributed by atoms with Crippen LogP contribution in [-0.4, -0.2) is 18.7 Å². The summed E-state index contributed by atoms with van der Waals surface area (Å²) in [5.41, 5.74) is 4.97. The lowest BCUT2D eigenvalue weighted by Gasteiger charge is -2.14. The normalized spacial score (nSPS) is 11.1. The van der Waals surface area contributed by atoms with Gasteiger partial charge in [-0.25, -0.2) is 9.82 Å². The van der Waals surface area contributed by atoms with Gasteiger partial charge in [0.25, 0.3) is 5.91 Å². The molecular weight excluding hydrogens is 343 g/mol. The maximum absolute atomic E-state index is 13.0. The van der Waals surface area contributed by atoms with E-state index >= 15 is 0 Å². The van der Waals surface area contributed by atoms with E-state index in [0.29, 0.717) is 11.3 Å². The molecule has 132 valence electrons. The number of nitrogens with one attached hydrogen (secondary N) is 1. The molecule has 0 aromatic heterocycles. The molecule has 0 fully saturated rings. The molecule has 4 nitrogen and oxygen atoms in total. The number of aryl methyl sites for hydroxylation is 1. The second kappa shape index (κ2) is 8.62. The van der Waals surface area contributed by atoms with Gasteiger partial charge in [-0.1, -0.05) is 37.6 Å². The number of nitrogens with zero attached hydrogens (tertiary/aromatic N) is 1. The van der Waals surface area contributed by atoms with Crippen LogP contribution in [0.1, 0.15) is 36.5 Å². The Labute approximate surface area is 151 Å². The lowest BCUT2D eigenvalue weighted by molar-refractivity contribution is -0.123. The molecule has 2 rings (SSSR count). The van der Waals surface area contributed by atoms with Crippen molar-refractivity contribution in [2.45, 2.75) is 26.7 Å². The largest absolute Gasteiger partial charge is 0.483 e. The summed E-state index contributed by atoms with van der Waals surface area (Å²) in [5.74, 6) is 0.150. The van der Waals surface area contributed by atoms with Gasteiger partial charge in [0, 0.05) is 5.56 Å². The molecule has 1 N–H and O–H groups in total. The number of ether oxygens (including phenoxy) is 1. The summed E-state index contributed by atoms with van der Waals surface area (Å²) < 4.78 is 18.6. The molecule has 0 spiro atoms. The van der Waals surface area contributed by atoms with Crippen LogP contribution < -0.4 is 10.2 Å². The summed E-state index contributed by atoms with van der Waals surface area (Å²) in [6.45, 7) is 5.94. The Morgan fingerprint density at radius 3 is 2.76 bits per heavy atom. The van der Waals surface area contributed by atoms with Crippen LogP contribution in [0.25, 0.3) is 0 Å². The molecule has 0 aliphatic rings. The first-order valence-electron chi connectivity index (χ1n) is 7.87. The first kappa shape index (κ1) is 18.9. The minimum Gasteiger partial charge on any atom is -0.483 e. The van der Waals surface area contributed by atoms with Gasteiger partial charge in [0.1, 0.15) is 11.6 Å². The van der Waals surface area contributed by atoms with Gasteiger partial charge in [0.15, 0.2) is 6.61 Å². The highest BCUT2D eigenvalue weighted by Gasteiger charge is 2.10. The quantitative estimate of drug-likeness (QED) is 0.610. The topological polar surface area (TPSA) is 50.7 Å². The molecular formula is C19H20ClFN2O2. The monoisotopic (exact) mass is 362 g/mol. The molecule has 2 aromatic rings. The van der Waals surface area contributed by atoms with Crippen LogP contribution in [0.4, 0.5) is 4.39 Å². The highest BCUT2D eigenvalue weighted by molar-refractivity contribution is 6.33. The van der Waals surface area contributed by atoms with Gasteiger partial charge in [0.2, 0.25) is 0 Å². The number of benzene rings is 2. The summed E-state index contributed by atoms with van der Waals surface area (Å²) in [6, 6.07) is 9.85. The average Bonchev–Trinajstić information content (AvgIpc) is 2.54. The lowest BCUT2D eigenvalue weighted by atomic mass is 10.0. The van der Waals surface area contributed by atoms with Crippen molar-refractivity contribution >= 4 is 23.7 Å². The number of hydrogen-bond acceptors (Lipinski definition) is 3. The summed E-state index contributed by atoms with van der Waals surface area (Å²) in [7, 11) is 0. The predicted octanol–water partition coefficient (Wildman–Crippen LogP) is 4.44. The highest BCUT2D eigenvalue weighted by Crippen LogP contribution is 2.27. The molecule has 0 saturated heterocycles. The van der Waals surface area contributed by atoms with Crippen molar-refractivity contribution in [3.05, 3.63) is 63.9 Å². The molecule has 6 heteroatoms. The number of halogens is 2. The zero-order valence-electron chi connectivity index (χ0n) is 14.3. The molecule has 1 amide bonds. The van der Waals surface area contributed by atoms with Crippen molar-refractivity contribution in [3.8, 4) is 5.75 Å². The molecule has 0 bridgehead atoms. The van der Waals surface area contributed by atoms with E-state index in [9.17, 15) is 9.18 Å². The fourth-order valence-corrected chi connectivity index (χ4v) is 2.42. The minimum absolute atomic E-state index is 0.155. The van der Waals surface area contributed by atoms with Crippen LogP contribution in [-0.2, 0) is 4.79 Å². The third kappa shape index (κ3) is 5.57. The van der Waals surface area contributed by atoms with E-state index in [4.69, 9.17) is 16.3 Å². The van der Waals surface area contributed by atoms with E-state index in [1.54, 1.807) is 0 Å². The molecule has 2 aromatic carbocycles. The molecule has 0 unspecified atom stereocenters. The standard InChI is InChI=1S/C19H20ClFN2O2/c1-12(2)16-7-4-13(3)8-18(16)25-11-19(24)23-22-10-14-5-6-15(21)9-17(14)20/h4-10,12H,11H2,1-3H3,(H,23,24). The Kier molecular flexibility index (Phi) is 6.53. The average molecular weight is 363 g/mol. The van der Waals surface area contributed by atoms with Gasteiger partial charge in [-0.3, -0.25) is 4.79 Å². The van der Waals surface area contributed by atoms with Crippen molar-refractivity contribution in [1.29, 1.82) is 0 Å². The van der Waals surface area contributed by atoms with Crippen LogP contribution in [0.3, 0.4) is 0 Å². The van der Waals surface area contributed by atoms with Gasteiger partial charge in [-0.15, -0.1) is 0 Å². The van der Waals surface area contributed by atoms with Crippen molar-refractivity contribution in [2.75, 3.05) is 6.61 Å². The van der Waals surface area contributed by atoms with Crippen LogP contribution in [0.15, 0.2) is 41.5 Å². The number of amides is 1. The summed E-state index contributed by atoms with van der Waals surface area (Å²) in [4.78, 5) is 11.9. The SMILES string of the molecule is Cc1ccc(C(C)C)c(OCC(=O)NN=Cc2ccc(F)cc2Cl)c1. The number of rotatable bonds is 6. The van der Waals surface area contributed by atoms with Crippen molar-refractivity contribution in [2.24, 2.45) is 5.10 Å². The van der Waals surface area contributed by atoms with E-state index in [1.807, 2.05) is 25.1 Å². The number of hydrazone groups is 1. The molecule has 0 radical (unpaired) electrons. The van der Waals surface area contributed by atoms with E-state index in [0.717, 1.165) is 11.1 Å². The van der Waals surface area contributed by atoms with Crippen molar-refractivity contribution in [3.63, 3.8) is 0 Å². The molecule has 0 aliphatic heterocycles. The summed E-state index contributed by atoms with van der Waals surface area (Å²) >= 11 is 5.88. The fourth-order valence-electron chi connectivity index (χ4n) is 2.20. The third-order valence-electron chi connectivity index (χ3n) is 3.51. The van der Waals surface area contributed by atoms with Crippen LogP contribution >= 0.6 is 11.6 Å². The fraction of sp³-hybridized carbons (Fsp3) is 0.263. The molecule has 0 heterocycles. The number of hydrogen-bond donors (Lipinski definition) is 1. The smallest absolute Gasteiger partial charge is 0.277 e. The predicted molar refractivity (Wildman–Crippen MR) is 97.9 cm³/mol. The van der Waals surface area contributed by atoms with Gasteiger partial charge in [-0.05, 0) is 48.2 Å². The van der Waals surface area contributed by atoms with Crippen molar-refractivity contribution < 1.29 is 13.9 Å². The maximum atomic E-state index is 13.0. The highest BCUT2D eigenvalue weighted by atomic mass is 35.5. The Hall–Kier alpha value is -2.40. The second-order valence-corrected chi connectivity index (χ2v) is 6.35. The van der Waals surface area contributed by atoms with Crippen LogP contribution in [0, 0.1) is 12.7 Å². The first-order valence-corrected chi connectivity index (χ1v) is 8.25. The van der Waals surface area contributed by atoms with E-state index in [-0.39, 0.29) is 17.5 Å². The van der Waals surface area contributed by atoms with Crippen LogP contribution in [0.2, 0.25) is 5.02 Å². The van der Waals surface area contributed by atoms with Gasteiger partial charge in [0.05, 0.1) is 11.2 Å². The zero-order valence-corrected chi connectivity index (χ0v) is 15.1. The van der Waals surface area contributed by atoms with E-state index in [1.165, 1.54) is 24.4 Å².